The number of benzene rings is 2. The first-order valence-electron chi connectivity index (χ1n) is 6.32. The van der Waals surface area contributed by atoms with Gasteiger partial charge in [-0.3, -0.25) is 10.1 Å². The first-order valence-corrected chi connectivity index (χ1v) is 7.12. The molecule has 0 saturated carbocycles. The van der Waals surface area contributed by atoms with E-state index >= 15 is 0 Å². The van der Waals surface area contributed by atoms with Crippen LogP contribution >= 0.6 is 15.9 Å². The van der Waals surface area contributed by atoms with E-state index in [0.29, 0.717) is 6.54 Å². The lowest BCUT2D eigenvalue weighted by molar-refractivity contribution is -0.384. The monoisotopic (exact) mass is 350 g/mol. The van der Waals surface area contributed by atoms with Gasteiger partial charge in [-0.1, -0.05) is 15.9 Å². The number of non-ortho nitro benzene ring substituents is 1. The van der Waals surface area contributed by atoms with Gasteiger partial charge < -0.3 is 10.1 Å². The number of aryl methyl sites for hydroxylation is 1. The lowest BCUT2D eigenvalue weighted by atomic mass is 10.1. The summed E-state index contributed by atoms with van der Waals surface area (Å²) in [6.07, 6.45) is 0. The van der Waals surface area contributed by atoms with Crippen LogP contribution in [-0.2, 0) is 6.54 Å². The molecule has 2 rings (SSSR count). The molecular formula is C15H15BrN2O3. The fourth-order valence-corrected chi connectivity index (χ4v) is 2.35. The van der Waals surface area contributed by atoms with E-state index in [-0.39, 0.29) is 5.69 Å². The normalized spacial score (nSPS) is 10.2. The molecule has 0 aliphatic rings. The molecule has 0 aliphatic heterocycles. The molecule has 0 saturated heterocycles. The largest absolute Gasteiger partial charge is 0.497 e. The van der Waals surface area contributed by atoms with Gasteiger partial charge in [0.05, 0.1) is 12.0 Å². The highest BCUT2D eigenvalue weighted by molar-refractivity contribution is 9.10. The van der Waals surface area contributed by atoms with E-state index in [2.05, 4.69) is 21.2 Å². The van der Waals surface area contributed by atoms with Crippen LogP contribution in [0.1, 0.15) is 11.1 Å². The first-order chi connectivity index (χ1) is 10.0. The zero-order chi connectivity index (χ0) is 15.4. The molecule has 0 fully saturated rings. The number of hydrogen-bond acceptors (Lipinski definition) is 4. The summed E-state index contributed by atoms with van der Waals surface area (Å²) in [7, 11) is 1.63. The molecule has 0 spiro atoms. The fourth-order valence-electron chi connectivity index (χ4n) is 1.96. The highest BCUT2D eigenvalue weighted by Gasteiger charge is 2.08. The predicted octanol–water partition coefficient (Wildman–Crippen LogP) is 4.29. The summed E-state index contributed by atoms with van der Waals surface area (Å²) in [5.74, 6) is 0.787. The molecule has 0 atom stereocenters. The predicted molar refractivity (Wildman–Crippen MR) is 85.9 cm³/mol. The van der Waals surface area contributed by atoms with Gasteiger partial charge in [-0.25, -0.2) is 0 Å². The number of hydrogen-bond donors (Lipinski definition) is 1. The van der Waals surface area contributed by atoms with Gasteiger partial charge >= 0.3 is 0 Å². The van der Waals surface area contributed by atoms with Crippen LogP contribution in [0.15, 0.2) is 40.9 Å². The maximum absolute atomic E-state index is 10.7. The molecule has 21 heavy (non-hydrogen) atoms. The van der Waals surface area contributed by atoms with Crippen LogP contribution in [0, 0.1) is 17.0 Å². The van der Waals surface area contributed by atoms with E-state index in [1.165, 1.54) is 6.07 Å². The van der Waals surface area contributed by atoms with Crippen LogP contribution in [0.25, 0.3) is 0 Å². The van der Waals surface area contributed by atoms with Crippen LogP contribution < -0.4 is 10.1 Å². The van der Waals surface area contributed by atoms with Crippen molar-refractivity contribution in [2.24, 2.45) is 0 Å². The molecule has 0 bridgehead atoms. The summed E-state index contributed by atoms with van der Waals surface area (Å²) in [5.41, 5.74) is 2.85. The molecule has 0 aromatic heterocycles. The lowest BCUT2D eigenvalue weighted by Crippen LogP contribution is -2.02. The van der Waals surface area contributed by atoms with Crippen LogP contribution in [-0.4, -0.2) is 12.0 Å². The second-order valence-corrected chi connectivity index (χ2v) is 5.42. The Morgan fingerprint density at radius 1 is 1.29 bits per heavy atom. The number of nitro benzene ring substituents is 1. The Labute approximate surface area is 131 Å². The molecule has 6 heteroatoms. The summed E-state index contributed by atoms with van der Waals surface area (Å²) in [4.78, 5) is 10.3. The van der Waals surface area contributed by atoms with Crippen molar-refractivity contribution in [3.63, 3.8) is 0 Å². The zero-order valence-electron chi connectivity index (χ0n) is 11.7. The van der Waals surface area contributed by atoms with Crippen molar-refractivity contribution in [1.29, 1.82) is 0 Å². The van der Waals surface area contributed by atoms with E-state index in [9.17, 15) is 10.1 Å². The molecule has 5 nitrogen and oxygen atoms in total. The summed E-state index contributed by atoms with van der Waals surface area (Å²) in [6, 6.07) is 10.5. The van der Waals surface area contributed by atoms with Crippen molar-refractivity contribution >= 4 is 27.3 Å². The molecule has 0 unspecified atom stereocenters. The molecule has 110 valence electrons. The Morgan fingerprint density at radius 3 is 2.67 bits per heavy atom. The van der Waals surface area contributed by atoms with Crippen LogP contribution in [0.3, 0.4) is 0 Å². The van der Waals surface area contributed by atoms with Crippen LogP contribution in [0.5, 0.6) is 5.75 Å². The Bertz CT molecular complexity index is 674. The van der Waals surface area contributed by atoms with Crippen molar-refractivity contribution in [3.8, 4) is 5.75 Å². The second kappa shape index (κ2) is 6.58. The molecular weight excluding hydrogens is 336 g/mol. The molecule has 0 aliphatic carbocycles. The van der Waals surface area contributed by atoms with Crippen molar-refractivity contribution in [3.05, 3.63) is 62.1 Å². The minimum Gasteiger partial charge on any atom is -0.497 e. The Kier molecular flexibility index (Phi) is 4.80. The summed E-state index contributed by atoms with van der Waals surface area (Å²) < 4.78 is 6.19. The van der Waals surface area contributed by atoms with E-state index < -0.39 is 4.92 Å². The SMILES string of the molecule is COc1ccc(Br)c(CNc2ccc([N+](=O)[O-])cc2C)c1. The smallest absolute Gasteiger partial charge is 0.269 e. The topological polar surface area (TPSA) is 64.4 Å². The molecule has 2 aromatic rings. The highest BCUT2D eigenvalue weighted by atomic mass is 79.9. The third kappa shape index (κ3) is 3.72. The maximum Gasteiger partial charge on any atom is 0.269 e. The summed E-state index contributed by atoms with van der Waals surface area (Å²) >= 11 is 3.50. The maximum atomic E-state index is 10.7. The number of nitro groups is 1. The second-order valence-electron chi connectivity index (χ2n) is 4.57. The van der Waals surface area contributed by atoms with Gasteiger partial charge in [0.1, 0.15) is 5.75 Å². The summed E-state index contributed by atoms with van der Waals surface area (Å²) in [5, 5.41) is 14.0. The molecule has 2 aromatic carbocycles. The standard InChI is InChI=1S/C15H15BrN2O3/c1-10-7-12(18(19)20)3-6-15(10)17-9-11-8-13(21-2)4-5-14(11)16/h3-8,17H,9H2,1-2H3. The molecule has 0 radical (unpaired) electrons. The Balaban J connectivity index is 2.15. The van der Waals surface area contributed by atoms with E-state index in [1.54, 1.807) is 19.2 Å². The number of methoxy groups -OCH3 is 1. The molecule has 0 heterocycles. The average molecular weight is 351 g/mol. The lowest BCUT2D eigenvalue weighted by Gasteiger charge is -2.11. The van der Waals surface area contributed by atoms with Crippen molar-refractivity contribution in [2.45, 2.75) is 13.5 Å². The van der Waals surface area contributed by atoms with Crippen LogP contribution in [0.4, 0.5) is 11.4 Å². The van der Waals surface area contributed by atoms with Gasteiger partial charge in [-0.2, -0.15) is 0 Å². The van der Waals surface area contributed by atoms with E-state index in [0.717, 1.165) is 27.0 Å². The zero-order valence-corrected chi connectivity index (χ0v) is 13.3. The minimum absolute atomic E-state index is 0.0978. The van der Waals surface area contributed by atoms with Gasteiger partial charge in [-0.15, -0.1) is 0 Å². The number of nitrogens with one attached hydrogen (secondary N) is 1. The Morgan fingerprint density at radius 2 is 2.05 bits per heavy atom. The van der Waals surface area contributed by atoms with E-state index in [1.807, 2.05) is 25.1 Å². The minimum atomic E-state index is -0.393. The molecule has 0 amide bonds. The van der Waals surface area contributed by atoms with Gasteiger partial charge in [0.15, 0.2) is 0 Å². The third-order valence-corrected chi connectivity index (χ3v) is 3.92. The Hall–Kier alpha value is -2.08. The number of rotatable bonds is 5. The number of nitrogens with zero attached hydrogens (tertiary/aromatic N) is 1. The highest BCUT2D eigenvalue weighted by Crippen LogP contribution is 2.25. The van der Waals surface area contributed by atoms with Gasteiger partial charge in [0.25, 0.3) is 5.69 Å². The van der Waals surface area contributed by atoms with E-state index in [4.69, 9.17) is 4.74 Å². The first kappa shape index (κ1) is 15.3. The van der Waals surface area contributed by atoms with Gasteiger partial charge in [-0.05, 0) is 42.3 Å². The number of halogens is 1. The average Bonchev–Trinajstić information content (AvgIpc) is 2.47. The van der Waals surface area contributed by atoms with Crippen LogP contribution in [0.2, 0.25) is 0 Å². The van der Waals surface area contributed by atoms with Gasteiger partial charge in [0.2, 0.25) is 0 Å². The number of ether oxygens (including phenoxy) is 1. The van der Waals surface area contributed by atoms with Crippen molar-refractivity contribution in [2.75, 3.05) is 12.4 Å². The summed E-state index contributed by atoms with van der Waals surface area (Å²) in [6.45, 7) is 2.44. The third-order valence-electron chi connectivity index (χ3n) is 3.14. The fraction of sp³-hybridized carbons (Fsp3) is 0.200. The van der Waals surface area contributed by atoms with Gasteiger partial charge in [0, 0.05) is 28.8 Å². The van der Waals surface area contributed by atoms with Crippen molar-refractivity contribution in [1.82, 2.24) is 0 Å². The number of anilines is 1. The van der Waals surface area contributed by atoms with Crippen molar-refractivity contribution < 1.29 is 9.66 Å². The quantitative estimate of drug-likeness (QED) is 0.645. The molecule has 1 N–H and O–H groups in total.